The molecule has 29 heavy (non-hydrogen) atoms. The van der Waals surface area contributed by atoms with Crippen LogP contribution in [-0.4, -0.2) is 38.3 Å². The van der Waals surface area contributed by atoms with E-state index in [1.54, 1.807) is 12.1 Å². The smallest absolute Gasteiger partial charge is 0.265 e. The van der Waals surface area contributed by atoms with Crippen molar-refractivity contribution in [3.63, 3.8) is 0 Å². The van der Waals surface area contributed by atoms with Crippen LogP contribution in [0.1, 0.15) is 29.4 Å². The minimum absolute atomic E-state index is 0.0930. The average molecular weight is 431 g/mol. The molecule has 0 radical (unpaired) electrons. The number of carbonyl (C=O) groups excluding carboxylic acids is 1. The Kier molecular flexibility index (Phi) is 5.58. The number of sulfonamides is 1. The van der Waals surface area contributed by atoms with E-state index in [-0.39, 0.29) is 10.8 Å². The van der Waals surface area contributed by atoms with Gasteiger partial charge >= 0.3 is 0 Å². The van der Waals surface area contributed by atoms with Crippen molar-refractivity contribution in [1.29, 1.82) is 0 Å². The number of carbonyl (C=O) groups is 1. The van der Waals surface area contributed by atoms with Crippen LogP contribution in [0.5, 0.6) is 5.75 Å². The van der Waals surface area contributed by atoms with E-state index in [1.807, 2.05) is 37.3 Å². The quantitative estimate of drug-likeness (QED) is 0.631. The van der Waals surface area contributed by atoms with Gasteiger partial charge in [-0.15, -0.1) is 11.3 Å². The van der Waals surface area contributed by atoms with Crippen LogP contribution < -0.4 is 10.1 Å². The Morgan fingerprint density at radius 2 is 1.90 bits per heavy atom. The van der Waals surface area contributed by atoms with Crippen molar-refractivity contribution in [2.75, 3.05) is 25.0 Å². The zero-order chi connectivity index (χ0) is 20.4. The van der Waals surface area contributed by atoms with Gasteiger partial charge in [-0.1, -0.05) is 18.2 Å². The second-order valence-corrected chi connectivity index (χ2v) is 9.80. The molecule has 3 aromatic rings. The number of rotatable bonds is 6. The van der Waals surface area contributed by atoms with Crippen molar-refractivity contribution in [1.82, 2.24) is 4.31 Å². The zero-order valence-electron chi connectivity index (χ0n) is 16.1. The van der Waals surface area contributed by atoms with E-state index in [4.69, 9.17) is 4.74 Å². The molecule has 1 fully saturated rings. The van der Waals surface area contributed by atoms with E-state index in [1.165, 1.54) is 21.7 Å². The normalized spacial score (nSPS) is 14.9. The molecule has 1 aliphatic heterocycles. The second kappa shape index (κ2) is 8.14. The summed E-state index contributed by atoms with van der Waals surface area (Å²) in [6, 6.07) is 14.4. The van der Waals surface area contributed by atoms with Gasteiger partial charge in [-0.25, -0.2) is 8.42 Å². The highest BCUT2D eigenvalue weighted by Gasteiger charge is 2.30. The van der Waals surface area contributed by atoms with E-state index in [9.17, 15) is 13.2 Å². The lowest BCUT2D eigenvalue weighted by atomic mass is 10.2. The van der Waals surface area contributed by atoms with E-state index >= 15 is 0 Å². The van der Waals surface area contributed by atoms with Crippen molar-refractivity contribution in [3.05, 3.63) is 53.4 Å². The molecule has 4 rings (SSSR count). The van der Waals surface area contributed by atoms with Crippen molar-refractivity contribution < 1.29 is 17.9 Å². The number of thiophene rings is 1. The molecular weight excluding hydrogens is 408 g/mol. The molecular formula is C21H22N2O4S2. The molecule has 2 heterocycles. The van der Waals surface area contributed by atoms with E-state index in [2.05, 4.69) is 5.32 Å². The number of hydrogen-bond donors (Lipinski definition) is 1. The maximum Gasteiger partial charge on any atom is 0.265 e. The molecule has 8 heteroatoms. The molecule has 1 amide bonds. The van der Waals surface area contributed by atoms with Crippen LogP contribution in [0.15, 0.2) is 53.4 Å². The number of benzene rings is 2. The van der Waals surface area contributed by atoms with Crippen molar-refractivity contribution >= 4 is 43.0 Å². The van der Waals surface area contributed by atoms with Gasteiger partial charge in [0.25, 0.3) is 5.91 Å². The first kappa shape index (κ1) is 19.9. The molecule has 0 unspecified atom stereocenters. The Labute approximate surface area is 174 Å². The summed E-state index contributed by atoms with van der Waals surface area (Å²) in [4.78, 5) is 13.4. The number of nitrogens with zero attached hydrogens (tertiary/aromatic N) is 1. The minimum Gasteiger partial charge on any atom is -0.492 e. The fourth-order valence-corrected chi connectivity index (χ4v) is 6.05. The SMILES string of the molecule is CCOc1ccc(NC(=O)c2cc3ccccc3s2)cc1S(=O)(=O)N1CCCC1. The molecule has 2 aromatic carbocycles. The highest BCUT2D eigenvalue weighted by Crippen LogP contribution is 2.32. The van der Waals surface area contributed by atoms with Gasteiger partial charge in [0.15, 0.2) is 0 Å². The number of amides is 1. The standard InChI is InChI=1S/C21H22N2O4S2/c1-2-27-17-10-9-16(14-20(17)29(25,26)23-11-5-6-12-23)22-21(24)19-13-15-7-3-4-8-18(15)28-19/h3-4,7-10,13-14H,2,5-6,11-12H2,1H3,(H,22,24). The molecule has 152 valence electrons. The van der Waals surface area contributed by atoms with Gasteiger partial charge in [0.2, 0.25) is 10.0 Å². The van der Waals surface area contributed by atoms with Crippen LogP contribution in [0.3, 0.4) is 0 Å². The summed E-state index contributed by atoms with van der Waals surface area (Å²) in [5.41, 5.74) is 0.425. The van der Waals surface area contributed by atoms with E-state index in [0.29, 0.717) is 36.0 Å². The maximum atomic E-state index is 13.1. The molecule has 1 aromatic heterocycles. The molecule has 1 saturated heterocycles. The second-order valence-electron chi connectivity index (χ2n) is 6.81. The topological polar surface area (TPSA) is 75.7 Å². The first-order valence-corrected chi connectivity index (χ1v) is 11.8. The number of fused-ring (bicyclic) bond motifs is 1. The zero-order valence-corrected chi connectivity index (χ0v) is 17.7. The number of nitrogens with one attached hydrogen (secondary N) is 1. The Morgan fingerprint density at radius 3 is 2.62 bits per heavy atom. The van der Waals surface area contributed by atoms with Gasteiger partial charge in [-0.05, 0) is 55.5 Å². The highest BCUT2D eigenvalue weighted by molar-refractivity contribution is 7.89. The summed E-state index contributed by atoms with van der Waals surface area (Å²) < 4.78 is 34.2. The van der Waals surface area contributed by atoms with Crippen LogP contribution in [0, 0.1) is 0 Å². The predicted octanol–water partition coefficient (Wildman–Crippen LogP) is 4.34. The first-order chi connectivity index (χ1) is 14.0. The number of hydrogen-bond acceptors (Lipinski definition) is 5. The van der Waals surface area contributed by atoms with E-state index < -0.39 is 10.0 Å². The van der Waals surface area contributed by atoms with E-state index in [0.717, 1.165) is 22.9 Å². The first-order valence-electron chi connectivity index (χ1n) is 9.56. The lowest BCUT2D eigenvalue weighted by Crippen LogP contribution is -2.28. The molecule has 0 bridgehead atoms. The summed E-state index contributed by atoms with van der Waals surface area (Å²) >= 11 is 1.40. The molecule has 6 nitrogen and oxygen atoms in total. The van der Waals surface area contributed by atoms with Gasteiger partial charge in [0, 0.05) is 23.5 Å². The summed E-state index contributed by atoms with van der Waals surface area (Å²) in [7, 11) is -3.68. The van der Waals surface area contributed by atoms with Gasteiger partial charge in [0.05, 0.1) is 11.5 Å². The number of anilines is 1. The van der Waals surface area contributed by atoms with Gasteiger partial charge in [-0.3, -0.25) is 4.79 Å². The molecule has 0 atom stereocenters. The van der Waals surface area contributed by atoms with Gasteiger partial charge < -0.3 is 10.1 Å². The van der Waals surface area contributed by atoms with Crippen molar-refractivity contribution in [3.8, 4) is 5.75 Å². The lowest BCUT2D eigenvalue weighted by Gasteiger charge is -2.19. The molecule has 0 spiro atoms. The van der Waals surface area contributed by atoms with Crippen LogP contribution in [-0.2, 0) is 10.0 Å². The van der Waals surface area contributed by atoms with Crippen LogP contribution in [0.4, 0.5) is 5.69 Å². The van der Waals surface area contributed by atoms with Crippen LogP contribution >= 0.6 is 11.3 Å². The average Bonchev–Trinajstić information content (AvgIpc) is 3.39. The summed E-state index contributed by atoms with van der Waals surface area (Å²) in [6.07, 6.45) is 1.71. The summed E-state index contributed by atoms with van der Waals surface area (Å²) in [6.45, 7) is 3.18. The fourth-order valence-electron chi connectivity index (χ4n) is 3.42. The molecule has 0 saturated carbocycles. The Hall–Kier alpha value is -2.42. The Balaban J connectivity index is 1.64. The maximum absolute atomic E-state index is 13.1. The van der Waals surface area contributed by atoms with Gasteiger partial charge in [0.1, 0.15) is 10.6 Å². The van der Waals surface area contributed by atoms with Crippen LogP contribution in [0.2, 0.25) is 0 Å². The summed E-state index contributed by atoms with van der Waals surface area (Å²) in [5, 5.41) is 3.83. The van der Waals surface area contributed by atoms with Crippen molar-refractivity contribution in [2.45, 2.75) is 24.7 Å². The minimum atomic E-state index is -3.68. The molecule has 1 N–H and O–H groups in total. The van der Waals surface area contributed by atoms with Crippen molar-refractivity contribution in [2.24, 2.45) is 0 Å². The Morgan fingerprint density at radius 1 is 1.14 bits per heavy atom. The van der Waals surface area contributed by atoms with Gasteiger partial charge in [-0.2, -0.15) is 4.31 Å². The fraction of sp³-hybridized carbons (Fsp3) is 0.286. The Bertz CT molecular complexity index is 1120. The third-order valence-corrected chi connectivity index (χ3v) is 7.87. The summed E-state index contributed by atoms with van der Waals surface area (Å²) in [5.74, 6) is 0.0409. The monoisotopic (exact) mass is 430 g/mol. The molecule has 1 aliphatic rings. The third kappa shape index (κ3) is 4.01. The highest BCUT2D eigenvalue weighted by atomic mass is 32.2. The largest absolute Gasteiger partial charge is 0.492 e. The lowest BCUT2D eigenvalue weighted by molar-refractivity contribution is 0.103. The third-order valence-electron chi connectivity index (χ3n) is 4.83. The molecule has 0 aliphatic carbocycles. The van der Waals surface area contributed by atoms with Crippen LogP contribution in [0.25, 0.3) is 10.1 Å². The number of ether oxygens (including phenoxy) is 1. The predicted molar refractivity (Wildman–Crippen MR) is 115 cm³/mol.